The van der Waals surface area contributed by atoms with Crippen LogP contribution in [0.1, 0.15) is 43.4 Å². The molecule has 2 aliphatic rings. The van der Waals surface area contributed by atoms with Gasteiger partial charge in [-0.1, -0.05) is 24.4 Å². The molecule has 1 aromatic rings. The molecule has 0 spiro atoms. The van der Waals surface area contributed by atoms with Crippen LogP contribution in [0.25, 0.3) is 0 Å². The number of rotatable bonds is 1. The quantitative estimate of drug-likeness (QED) is 0.787. The van der Waals surface area contributed by atoms with E-state index in [2.05, 4.69) is 10.1 Å². The molecule has 4 nitrogen and oxygen atoms in total. The van der Waals surface area contributed by atoms with Crippen molar-refractivity contribution in [3.63, 3.8) is 0 Å². The standard InChI is InChI=1S/C12H19N3O/c13-12-10-6-7-15(8-11(10)14-16-12)9-4-2-1-3-5-9/h9H,1-8,13H2. The van der Waals surface area contributed by atoms with Gasteiger partial charge in [-0.25, -0.2) is 0 Å². The molecule has 2 N–H and O–H groups in total. The zero-order chi connectivity index (χ0) is 11.0. The summed E-state index contributed by atoms with van der Waals surface area (Å²) < 4.78 is 5.05. The van der Waals surface area contributed by atoms with Gasteiger partial charge in [0.25, 0.3) is 0 Å². The molecule has 0 bridgehead atoms. The number of hydrogen-bond donors (Lipinski definition) is 1. The summed E-state index contributed by atoms with van der Waals surface area (Å²) in [6.07, 6.45) is 7.88. The Morgan fingerprint density at radius 2 is 2.06 bits per heavy atom. The van der Waals surface area contributed by atoms with E-state index < -0.39 is 0 Å². The molecule has 0 amide bonds. The summed E-state index contributed by atoms with van der Waals surface area (Å²) in [5.41, 5.74) is 7.95. The summed E-state index contributed by atoms with van der Waals surface area (Å²) in [6.45, 7) is 2.05. The molecule has 1 aliphatic carbocycles. The fraction of sp³-hybridized carbons (Fsp3) is 0.750. The molecular weight excluding hydrogens is 202 g/mol. The average molecular weight is 221 g/mol. The highest BCUT2D eigenvalue weighted by Gasteiger charge is 2.28. The van der Waals surface area contributed by atoms with Crippen LogP contribution in [0.5, 0.6) is 0 Å². The van der Waals surface area contributed by atoms with E-state index in [4.69, 9.17) is 10.3 Å². The van der Waals surface area contributed by atoms with Gasteiger partial charge in [0, 0.05) is 24.7 Å². The van der Waals surface area contributed by atoms with Crippen LogP contribution in [-0.2, 0) is 13.0 Å². The van der Waals surface area contributed by atoms with E-state index in [-0.39, 0.29) is 0 Å². The van der Waals surface area contributed by atoms with E-state index in [0.29, 0.717) is 5.88 Å². The number of nitrogens with zero attached hydrogens (tertiary/aromatic N) is 2. The molecule has 16 heavy (non-hydrogen) atoms. The van der Waals surface area contributed by atoms with E-state index >= 15 is 0 Å². The zero-order valence-electron chi connectivity index (χ0n) is 9.61. The molecule has 1 aromatic heterocycles. The van der Waals surface area contributed by atoms with Gasteiger partial charge in [-0.05, 0) is 19.3 Å². The van der Waals surface area contributed by atoms with Gasteiger partial charge in [-0.15, -0.1) is 0 Å². The molecule has 0 atom stereocenters. The lowest BCUT2D eigenvalue weighted by molar-refractivity contribution is 0.138. The summed E-state index contributed by atoms with van der Waals surface area (Å²) in [5.74, 6) is 0.526. The second kappa shape index (κ2) is 4.09. The van der Waals surface area contributed by atoms with Crippen molar-refractivity contribution >= 4 is 5.88 Å². The molecule has 3 rings (SSSR count). The lowest BCUT2D eigenvalue weighted by Crippen LogP contribution is -2.40. The van der Waals surface area contributed by atoms with Gasteiger partial charge in [-0.2, -0.15) is 0 Å². The van der Waals surface area contributed by atoms with Crippen LogP contribution in [0.2, 0.25) is 0 Å². The summed E-state index contributed by atoms with van der Waals surface area (Å²) >= 11 is 0. The number of aromatic nitrogens is 1. The number of nitrogens with two attached hydrogens (primary N) is 1. The Hall–Kier alpha value is -1.03. The minimum Gasteiger partial charge on any atom is -0.367 e. The Balaban J connectivity index is 1.72. The van der Waals surface area contributed by atoms with Crippen molar-refractivity contribution in [2.45, 2.75) is 51.1 Å². The van der Waals surface area contributed by atoms with Gasteiger partial charge >= 0.3 is 0 Å². The molecule has 1 fully saturated rings. The fourth-order valence-corrected chi connectivity index (χ4v) is 3.03. The monoisotopic (exact) mass is 221 g/mol. The molecule has 1 aliphatic heterocycles. The summed E-state index contributed by atoms with van der Waals surface area (Å²) in [4.78, 5) is 2.56. The van der Waals surface area contributed by atoms with Crippen molar-refractivity contribution in [1.29, 1.82) is 0 Å². The van der Waals surface area contributed by atoms with E-state index in [9.17, 15) is 0 Å². The van der Waals surface area contributed by atoms with Gasteiger partial charge in [0.1, 0.15) is 5.69 Å². The molecule has 2 heterocycles. The first-order valence-corrected chi connectivity index (χ1v) is 6.31. The van der Waals surface area contributed by atoms with Crippen molar-refractivity contribution in [1.82, 2.24) is 10.1 Å². The molecule has 4 heteroatoms. The summed E-state index contributed by atoms with van der Waals surface area (Å²) in [6, 6.07) is 0.764. The van der Waals surface area contributed by atoms with Crippen molar-refractivity contribution in [2.24, 2.45) is 0 Å². The number of hydrogen-bond acceptors (Lipinski definition) is 4. The minimum atomic E-state index is 0.526. The predicted octanol–water partition coefficient (Wildman–Crippen LogP) is 1.95. The SMILES string of the molecule is Nc1onc2c1CCN(C1CCCCC1)C2. The molecule has 0 unspecified atom stereocenters. The van der Waals surface area contributed by atoms with E-state index in [0.717, 1.165) is 36.8 Å². The Kier molecular flexibility index (Phi) is 2.59. The highest BCUT2D eigenvalue weighted by atomic mass is 16.5. The van der Waals surface area contributed by atoms with Crippen molar-refractivity contribution in [2.75, 3.05) is 12.3 Å². The molecule has 1 saturated carbocycles. The minimum absolute atomic E-state index is 0.526. The van der Waals surface area contributed by atoms with Crippen LogP contribution in [0, 0.1) is 0 Å². The van der Waals surface area contributed by atoms with Gasteiger partial charge in [-0.3, -0.25) is 4.90 Å². The largest absolute Gasteiger partial charge is 0.367 e. The Morgan fingerprint density at radius 1 is 1.25 bits per heavy atom. The molecule has 0 radical (unpaired) electrons. The second-order valence-corrected chi connectivity index (χ2v) is 4.98. The fourth-order valence-electron chi connectivity index (χ4n) is 3.03. The molecule has 0 aromatic carbocycles. The Morgan fingerprint density at radius 3 is 2.88 bits per heavy atom. The van der Waals surface area contributed by atoms with E-state index in [1.165, 1.54) is 32.1 Å². The third-order valence-electron chi connectivity index (χ3n) is 3.99. The van der Waals surface area contributed by atoms with Crippen LogP contribution in [-0.4, -0.2) is 22.6 Å². The van der Waals surface area contributed by atoms with Crippen molar-refractivity contribution < 1.29 is 4.52 Å². The van der Waals surface area contributed by atoms with Crippen LogP contribution in [0.3, 0.4) is 0 Å². The lowest BCUT2D eigenvalue weighted by atomic mass is 9.92. The normalized spacial score (nSPS) is 23.2. The smallest absolute Gasteiger partial charge is 0.225 e. The van der Waals surface area contributed by atoms with Crippen LogP contribution in [0.15, 0.2) is 4.52 Å². The third-order valence-corrected chi connectivity index (χ3v) is 3.99. The number of fused-ring (bicyclic) bond motifs is 1. The van der Waals surface area contributed by atoms with E-state index in [1.807, 2.05) is 0 Å². The van der Waals surface area contributed by atoms with Crippen LogP contribution < -0.4 is 5.73 Å². The number of nitrogen functional groups attached to an aromatic ring is 1. The van der Waals surface area contributed by atoms with Crippen LogP contribution in [0.4, 0.5) is 5.88 Å². The van der Waals surface area contributed by atoms with Gasteiger partial charge in [0.05, 0.1) is 0 Å². The highest BCUT2D eigenvalue weighted by Crippen LogP contribution is 2.29. The van der Waals surface area contributed by atoms with Crippen molar-refractivity contribution in [3.8, 4) is 0 Å². The first-order chi connectivity index (χ1) is 7.84. The van der Waals surface area contributed by atoms with Gasteiger partial charge in [0.2, 0.25) is 5.88 Å². The lowest BCUT2D eigenvalue weighted by Gasteiger charge is -2.35. The molecule has 88 valence electrons. The average Bonchev–Trinajstić information content (AvgIpc) is 2.72. The predicted molar refractivity (Wildman–Crippen MR) is 61.9 cm³/mol. The third kappa shape index (κ3) is 1.71. The van der Waals surface area contributed by atoms with Gasteiger partial charge in [0.15, 0.2) is 0 Å². The first kappa shape index (κ1) is 10.1. The molecule has 0 saturated heterocycles. The summed E-state index contributed by atoms with van der Waals surface area (Å²) in [7, 11) is 0. The Labute approximate surface area is 95.8 Å². The highest BCUT2D eigenvalue weighted by molar-refractivity contribution is 5.40. The maximum atomic E-state index is 5.74. The van der Waals surface area contributed by atoms with E-state index in [1.54, 1.807) is 0 Å². The molecular formula is C12H19N3O. The van der Waals surface area contributed by atoms with Crippen LogP contribution >= 0.6 is 0 Å². The topological polar surface area (TPSA) is 55.3 Å². The van der Waals surface area contributed by atoms with Crippen molar-refractivity contribution in [3.05, 3.63) is 11.3 Å². The van der Waals surface area contributed by atoms with Gasteiger partial charge < -0.3 is 10.3 Å². The maximum absolute atomic E-state index is 5.74. The summed E-state index contributed by atoms with van der Waals surface area (Å²) in [5, 5.41) is 4.06. The second-order valence-electron chi connectivity index (χ2n) is 4.98. The Bertz CT molecular complexity index is 368. The first-order valence-electron chi connectivity index (χ1n) is 6.31. The maximum Gasteiger partial charge on any atom is 0.225 e. The zero-order valence-corrected chi connectivity index (χ0v) is 9.61. The number of anilines is 1.